The van der Waals surface area contributed by atoms with Crippen molar-refractivity contribution < 1.29 is 14.3 Å². The molecular weight excluding hydrogens is 364 g/mol. The van der Waals surface area contributed by atoms with E-state index < -0.39 is 6.04 Å². The van der Waals surface area contributed by atoms with Gasteiger partial charge in [0.15, 0.2) is 0 Å². The summed E-state index contributed by atoms with van der Waals surface area (Å²) in [6.45, 7) is 7.00. The zero-order chi connectivity index (χ0) is 21.2. The van der Waals surface area contributed by atoms with E-state index in [1.807, 2.05) is 61.5 Å². The number of amides is 2. The molecule has 0 saturated carbocycles. The van der Waals surface area contributed by atoms with Crippen LogP contribution in [0, 0.1) is 5.92 Å². The molecule has 0 fully saturated rings. The fourth-order valence-corrected chi connectivity index (χ4v) is 3.12. The lowest BCUT2D eigenvalue weighted by atomic mass is 10.0. The maximum Gasteiger partial charge on any atom is 0.247 e. The molecule has 1 N–H and O–H groups in total. The van der Waals surface area contributed by atoms with Crippen LogP contribution in [0.5, 0.6) is 5.75 Å². The Kier molecular flexibility index (Phi) is 8.71. The summed E-state index contributed by atoms with van der Waals surface area (Å²) in [7, 11) is 1.62. The lowest BCUT2D eigenvalue weighted by Crippen LogP contribution is -2.44. The van der Waals surface area contributed by atoms with Gasteiger partial charge in [-0.3, -0.25) is 9.59 Å². The molecule has 1 unspecified atom stereocenters. The molecule has 0 bridgehead atoms. The van der Waals surface area contributed by atoms with Crippen LogP contribution in [0.2, 0.25) is 0 Å². The van der Waals surface area contributed by atoms with Crippen LogP contribution in [-0.2, 0) is 16.1 Å². The summed E-state index contributed by atoms with van der Waals surface area (Å²) in [5.74, 6) is 0.908. The van der Waals surface area contributed by atoms with E-state index in [9.17, 15) is 9.59 Å². The number of nitrogens with one attached hydrogen (secondary N) is 1. The molecule has 1 atom stereocenters. The smallest absolute Gasteiger partial charge is 0.247 e. The molecule has 29 heavy (non-hydrogen) atoms. The van der Waals surface area contributed by atoms with Gasteiger partial charge in [-0.05, 0) is 35.6 Å². The van der Waals surface area contributed by atoms with Gasteiger partial charge in [0, 0.05) is 19.5 Å². The van der Waals surface area contributed by atoms with Gasteiger partial charge in [0.1, 0.15) is 11.8 Å². The SMILES string of the molecule is CCCC(=O)N(Cc1ccc(OC)cc1)C(C(=O)NCC(C)C)c1ccccc1. The fourth-order valence-electron chi connectivity index (χ4n) is 3.12. The van der Waals surface area contributed by atoms with Crippen molar-refractivity contribution in [3.05, 3.63) is 65.7 Å². The molecule has 5 nitrogen and oxygen atoms in total. The molecular formula is C24H32N2O3. The molecule has 156 valence electrons. The molecule has 2 amide bonds. The topological polar surface area (TPSA) is 58.6 Å². The molecule has 0 heterocycles. The van der Waals surface area contributed by atoms with Crippen molar-refractivity contribution in [3.63, 3.8) is 0 Å². The second-order valence-corrected chi connectivity index (χ2v) is 7.57. The number of ether oxygens (including phenoxy) is 1. The van der Waals surface area contributed by atoms with Crippen molar-refractivity contribution >= 4 is 11.8 Å². The molecule has 0 aromatic heterocycles. The van der Waals surface area contributed by atoms with Gasteiger partial charge in [-0.15, -0.1) is 0 Å². The van der Waals surface area contributed by atoms with Crippen LogP contribution in [0.3, 0.4) is 0 Å². The van der Waals surface area contributed by atoms with Gasteiger partial charge in [0.2, 0.25) is 11.8 Å². The maximum absolute atomic E-state index is 13.2. The number of carbonyl (C=O) groups excluding carboxylic acids is 2. The first-order valence-corrected chi connectivity index (χ1v) is 10.2. The predicted molar refractivity (Wildman–Crippen MR) is 115 cm³/mol. The first-order valence-electron chi connectivity index (χ1n) is 10.2. The van der Waals surface area contributed by atoms with E-state index in [4.69, 9.17) is 4.74 Å². The van der Waals surface area contributed by atoms with E-state index in [-0.39, 0.29) is 11.8 Å². The normalized spacial score (nSPS) is 11.8. The Morgan fingerprint density at radius 1 is 1.03 bits per heavy atom. The van der Waals surface area contributed by atoms with Gasteiger partial charge < -0.3 is 15.0 Å². The molecule has 0 saturated heterocycles. The van der Waals surface area contributed by atoms with Crippen LogP contribution in [-0.4, -0.2) is 30.4 Å². The second kappa shape index (κ2) is 11.2. The average Bonchev–Trinajstić information content (AvgIpc) is 2.73. The highest BCUT2D eigenvalue weighted by Crippen LogP contribution is 2.25. The zero-order valence-electron chi connectivity index (χ0n) is 17.9. The van der Waals surface area contributed by atoms with Crippen molar-refractivity contribution in [2.75, 3.05) is 13.7 Å². The highest BCUT2D eigenvalue weighted by Gasteiger charge is 2.31. The second-order valence-electron chi connectivity index (χ2n) is 7.57. The zero-order valence-corrected chi connectivity index (χ0v) is 17.9. The summed E-state index contributed by atoms with van der Waals surface area (Å²) >= 11 is 0. The van der Waals surface area contributed by atoms with E-state index in [0.717, 1.165) is 23.3 Å². The highest BCUT2D eigenvalue weighted by molar-refractivity contribution is 5.88. The highest BCUT2D eigenvalue weighted by atomic mass is 16.5. The summed E-state index contributed by atoms with van der Waals surface area (Å²) in [5.41, 5.74) is 1.76. The average molecular weight is 397 g/mol. The van der Waals surface area contributed by atoms with E-state index in [1.165, 1.54) is 0 Å². The van der Waals surface area contributed by atoms with Gasteiger partial charge in [0.25, 0.3) is 0 Å². The Balaban J connectivity index is 2.38. The maximum atomic E-state index is 13.2. The van der Waals surface area contributed by atoms with E-state index >= 15 is 0 Å². The summed E-state index contributed by atoms with van der Waals surface area (Å²) in [5, 5.41) is 3.01. The fraction of sp³-hybridized carbons (Fsp3) is 0.417. The number of hydrogen-bond acceptors (Lipinski definition) is 3. The Labute approximate surface area is 174 Å². The Morgan fingerprint density at radius 2 is 1.69 bits per heavy atom. The molecule has 0 aliphatic rings. The molecule has 0 aliphatic carbocycles. The van der Waals surface area contributed by atoms with Crippen molar-refractivity contribution in [3.8, 4) is 5.75 Å². The molecule has 2 rings (SSSR count). The monoisotopic (exact) mass is 396 g/mol. The Morgan fingerprint density at radius 3 is 2.24 bits per heavy atom. The minimum atomic E-state index is -0.670. The summed E-state index contributed by atoms with van der Waals surface area (Å²) in [4.78, 5) is 27.9. The van der Waals surface area contributed by atoms with Crippen molar-refractivity contribution in [2.24, 2.45) is 5.92 Å². The third-order valence-electron chi connectivity index (χ3n) is 4.66. The number of nitrogens with zero attached hydrogens (tertiary/aromatic N) is 1. The third kappa shape index (κ3) is 6.63. The molecule has 2 aromatic rings. The minimum absolute atomic E-state index is 0.0307. The molecule has 0 radical (unpaired) electrons. The van der Waals surface area contributed by atoms with Crippen LogP contribution in [0.1, 0.15) is 50.8 Å². The molecule has 0 spiro atoms. The number of rotatable bonds is 10. The first-order chi connectivity index (χ1) is 14.0. The molecule has 2 aromatic carbocycles. The number of hydrogen-bond donors (Lipinski definition) is 1. The van der Waals surface area contributed by atoms with Crippen molar-refractivity contribution in [2.45, 2.75) is 46.2 Å². The summed E-state index contributed by atoms with van der Waals surface area (Å²) < 4.78 is 5.22. The number of methoxy groups -OCH3 is 1. The van der Waals surface area contributed by atoms with E-state index in [0.29, 0.717) is 25.4 Å². The van der Waals surface area contributed by atoms with E-state index in [1.54, 1.807) is 12.0 Å². The lowest BCUT2D eigenvalue weighted by molar-refractivity contribution is -0.141. The Bertz CT molecular complexity index is 772. The van der Waals surface area contributed by atoms with Gasteiger partial charge in [-0.2, -0.15) is 0 Å². The van der Waals surface area contributed by atoms with E-state index in [2.05, 4.69) is 19.2 Å². The standard InChI is InChI=1S/C24H32N2O3/c1-5-9-22(27)26(17-19-12-14-21(29-4)15-13-19)23(20-10-7-6-8-11-20)24(28)25-16-18(2)3/h6-8,10-15,18,23H,5,9,16-17H2,1-4H3,(H,25,28). The predicted octanol–water partition coefficient (Wildman–Crippen LogP) is 4.34. The number of benzene rings is 2. The van der Waals surface area contributed by atoms with Gasteiger partial charge in [0.05, 0.1) is 7.11 Å². The molecule has 0 aliphatic heterocycles. The van der Waals surface area contributed by atoms with Crippen molar-refractivity contribution in [1.29, 1.82) is 0 Å². The quantitative estimate of drug-likeness (QED) is 0.650. The lowest BCUT2D eigenvalue weighted by Gasteiger charge is -2.32. The first kappa shape index (κ1) is 22.5. The van der Waals surface area contributed by atoms with Crippen LogP contribution in [0.25, 0.3) is 0 Å². The third-order valence-corrected chi connectivity index (χ3v) is 4.66. The molecule has 5 heteroatoms. The minimum Gasteiger partial charge on any atom is -0.497 e. The van der Waals surface area contributed by atoms with Gasteiger partial charge in [-0.1, -0.05) is 63.2 Å². The Hall–Kier alpha value is -2.82. The summed E-state index contributed by atoms with van der Waals surface area (Å²) in [6, 6.07) is 16.4. The van der Waals surface area contributed by atoms with Gasteiger partial charge >= 0.3 is 0 Å². The van der Waals surface area contributed by atoms with Gasteiger partial charge in [-0.25, -0.2) is 0 Å². The number of carbonyl (C=O) groups is 2. The summed E-state index contributed by atoms with van der Waals surface area (Å²) in [6.07, 6.45) is 1.13. The largest absolute Gasteiger partial charge is 0.497 e. The van der Waals surface area contributed by atoms with Crippen LogP contribution in [0.4, 0.5) is 0 Å². The van der Waals surface area contributed by atoms with Crippen LogP contribution >= 0.6 is 0 Å². The van der Waals surface area contributed by atoms with Crippen LogP contribution < -0.4 is 10.1 Å². The van der Waals surface area contributed by atoms with Crippen LogP contribution in [0.15, 0.2) is 54.6 Å². The van der Waals surface area contributed by atoms with Crippen molar-refractivity contribution in [1.82, 2.24) is 10.2 Å².